The minimum absolute atomic E-state index is 0.0336. The molecule has 1 saturated carbocycles. The van der Waals surface area contributed by atoms with Gasteiger partial charge in [-0.1, -0.05) is 26.7 Å². The van der Waals surface area contributed by atoms with Gasteiger partial charge < -0.3 is 0 Å². The van der Waals surface area contributed by atoms with Gasteiger partial charge in [-0.3, -0.25) is 0 Å². The molecule has 0 nitrogen and oxygen atoms in total. The lowest BCUT2D eigenvalue weighted by Crippen LogP contribution is -2.26. The Kier molecular flexibility index (Phi) is 3.08. The van der Waals surface area contributed by atoms with Crippen LogP contribution in [0.15, 0.2) is 0 Å². The Morgan fingerprint density at radius 3 is 2.00 bits per heavy atom. The second-order valence-electron chi connectivity index (χ2n) is 4.32. The van der Waals surface area contributed by atoms with E-state index in [9.17, 15) is 8.78 Å². The monoisotopic (exact) mass is 176 g/mol. The first-order chi connectivity index (χ1) is 5.57. The van der Waals surface area contributed by atoms with Crippen molar-refractivity contribution in [1.29, 1.82) is 0 Å². The predicted octanol–water partition coefficient (Wildman–Crippen LogP) is 3.86. The molecule has 0 aliphatic heterocycles. The summed E-state index contributed by atoms with van der Waals surface area (Å²) in [7, 11) is 0. The topological polar surface area (TPSA) is 0 Å². The van der Waals surface area contributed by atoms with Crippen molar-refractivity contribution in [2.75, 3.05) is 0 Å². The maximum atomic E-state index is 12.3. The van der Waals surface area contributed by atoms with Gasteiger partial charge in [-0.2, -0.15) is 0 Å². The molecule has 0 aromatic carbocycles. The molecule has 0 spiro atoms. The van der Waals surface area contributed by atoms with Gasteiger partial charge in [-0.05, 0) is 24.2 Å². The molecule has 0 heterocycles. The lowest BCUT2D eigenvalue weighted by atomic mass is 9.73. The summed E-state index contributed by atoms with van der Waals surface area (Å²) in [5.74, 6) is 0.411. The third-order valence-corrected chi connectivity index (χ3v) is 3.38. The minimum Gasteiger partial charge on any atom is -0.211 e. The molecule has 12 heavy (non-hydrogen) atoms. The van der Waals surface area contributed by atoms with E-state index in [1.54, 1.807) is 0 Å². The van der Waals surface area contributed by atoms with E-state index in [0.717, 1.165) is 25.7 Å². The van der Waals surface area contributed by atoms with Crippen LogP contribution in [0.2, 0.25) is 0 Å². The fourth-order valence-electron chi connectivity index (χ4n) is 2.40. The van der Waals surface area contributed by atoms with Crippen LogP contribution in [-0.4, -0.2) is 6.43 Å². The molecule has 0 radical (unpaired) electrons. The van der Waals surface area contributed by atoms with Crippen molar-refractivity contribution in [2.45, 2.75) is 52.4 Å². The Balaban J connectivity index is 2.59. The molecular weight excluding hydrogens is 158 g/mol. The van der Waals surface area contributed by atoms with Crippen molar-refractivity contribution in [2.24, 2.45) is 11.3 Å². The minimum atomic E-state index is -2.12. The van der Waals surface area contributed by atoms with Crippen molar-refractivity contribution in [1.82, 2.24) is 0 Å². The fraction of sp³-hybridized carbons (Fsp3) is 1.00. The molecule has 72 valence electrons. The normalized spacial score (nSPS) is 22.5. The van der Waals surface area contributed by atoms with Crippen molar-refractivity contribution >= 4 is 0 Å². The number of hydrogen-bond acceptors (Lipinski definition) is 0. The predicted molar refractivity (Wildman–Crippen MR) is 46.4 cm³/mol. The lowest BCUT2D eigenvalue weighted by Gasteiger charge is -2.33. The highest BCUT2D eigenvalue weighted by Crippen LogP contribution is 2.48. The van der Waals surface area contributed by atoms with Gasteiger partial charge in [0, 0.05) is 6.42 Å². The van der Waals surface area contributed by atoms with Crippen LogP contribution in [0.25, 0.3) is 0 Å². The van der Waals surface area contributed by atoms with E-state index in [4.69, 9.17) is 0 Å². The molecule has 0 amide bonds. The zero-order chi connectivity index (χ0) is 9.19. The summed E-state index contributed by atoms with van der Waals surface area (Å²) in [6.07, 6.45) is 2.30. The summed E-state index contributed by atoms with van der Waals surface area (Å²) in [6.45, 7) is 4.15. The van der Waals surface area contributed by atoms with Crippen LogP contribution < -0.4 is 0 Å². The molecule has 1 rings (SSSR count). The molecule has 0 bridgehead atoms. The number of alkyl halides is 2. The van der Waals surface area contributed by atoms with Crippen LogP contribution >= 0.6 is 0 Å². The summed E-state index contributed by atoms with van der Waals surface area (Å²) in [5.41, 5.74) is -0.0336. The van der Waals surface area contributed by atoms with E-state index in [-0.39, 0.29) is 11.8 Å². The Hall–Kier alpha value is -0.140. The molecular formula is C10H18F2. The Morgan fingerprint density at radius 2 is 1.67 bits per heavy atom. The van der Waals surface area contributed by atoms with E-state index >= 15 is 0 Å². The summed E-state index contributed by atoms with van der Waals surface area (Å²) in [6, 6.07) is 0. The first-order valence-electron chi connectivity index (χ1n) is 4.85. The lowest BCUT2D eigenvalue weighted by molar-refractivity contribution is 0.0478. The summed E-state index contributed by atoms with van der Waals surface area (Å²) >= 11 is 0. The van der Waals surface area contributed by atoms with Crippen molar-refractivity contribution in [3.63, 3.8) is 0 Å². The van der Waals surface area contributed by atoms with Gasteiger partial charge in [-0.15, -0.1) is 0 Å². The average Bonchev–Trinajstić information content (AvgIpc) is 2.35. The SMILES string of the molecule is CC(C)C1(CC(F)F)CCCC1. The van der Waals surface area contributed by atoms with Crippen LogP contribution in [0.5, 0.6) is 0 Å². The first-order valence-corrected chi connectivity index (χ1v) is 4.85. The van der Waals surface area contributed by atoms with Gasteiger partial charge >= 0.3 is 0 Å². The van der Waals surface area contributed by atoms with Crippen LogP contribution in [0, 0.1) is 11.3 Å². The molecule has 0 aromatic rings. The highest BCUT2D eigenvalue weighted by atomic mass is 19.3. The number of hydrogen-bond donors (Lipinski definition) is 0. The molecule has 2 heteroatoms. The third kappa shape index (κ3) is 1.96. The molecule has 1 aliphatic carbocycles. The molecule has 1 aliphatic rings. The maximum absolute atomic E-state index is 12.3. The molecule has 0 N–H and O–H groups in total. The first kappa shape index (κ1) is 9.94. The highest BCUT2D eigenvalue weighted by molar-refractivity contribution is 4.87. The largest absolute Gasteiger partial charge is 0.239 e. The molecule has 0 unspecified atom stereocenters. The van der Waals surface area contributed by atoms with Crippen molar-refractivity contribution < 1.29 is 8.78 Å². The molecule has 0 saturated heterocycles. The molecule has 0 atom stereocenters. The second kappa shape index (κ2) is 3.71. The maximum Gasteiger partial charge on any atom is 0.239 e. The van der Waals surface area contributed by atoms with Crippen LogP contribution in [0.3, 0.4) is 0 Å². The van der Waals surface area contributed by atoms with Crippen LogP contribution in [0.1, 0.15) is 46.0 Å². The van der Waals surface area contributed by atoms with E-state index in [1.165, 1.54) is 0 Å². The van der Waals surface area contributed by atoms with Crippen LogP contribution in [-0.2, 0) is 0 Å². The second-order valence-corrected chi connectivity index (χ2v) is 4.32. The number of halogens is 2. The molecule has 0 aromatic heterocycles. The van der Waals surface area contributed by atoms with Crippen molar-refractivity contribution in [3.8, 4) is 0 Å². The smallest absolute Gasteiger partial charge is 0.211 e. The van der Waals surface area contributed by atoms with Gasteiger partial charge in [0.1, 0.15) is 0 Å². The zero-order valence-corrected chi connectivity index (χ0v) is 7.95. The third-order valence-electron chi connectivity index (χ3n) is 3.38. The van der Waals surface area contributed by atoms with Gasteiger partial charge in [-0.25, -0.2) is 8.78 Å². The van der Waals surface area contributed by atoms with Gasteiger partial charge in [0.25, 0.3) is 0 Å². The average molecular weight is 176 g/mol. The summed E-state index contributed by atoms with van der Waals surface area (Å²) < 4.78 is 24.6. The zero-order valence-electron chi connectivity index (χ0n) is 7.95. The van der Waals surface area contributed by atoms with E-state index in [0.29, 0.717) is 5.92 Å². The Bertz CT molecular complexity index is 135. The standard InChI is InChI=1S/C10H18F2/c1-8(2)10(7-9(11)12)5-3-4-6-10/h8-9H,3-7H2,1-2H3. The van der Waals surface area contributed by atoms with Gasteiger partial charge in [0.05, 0.1) is 0 Å². The summed E-state index contributed by atoms with van der Waals surface area (Å²) in [4.78, 5) is 0. The summed E-state index contributed by atoms with van der Waals surface area (Å²) in [5, 5.41) is 0. The quantitative estimate of drug-likeness (QED) is 0.612. The van der Waals surface area contributed by atoms with Crippen molar-refractivity contribution in [3.05, 3.63) is 0 Å². The van der Waals surface area contributed by atoms with Crippen LogP contribution in [0.4, 0.5) is 8.78 Å². The van der Waals surface area contributed by atoms with E-state index in [2.05, 4.69) is 13.8 Å². The van der Waals surface area contributed by atoms with E-state index in [1.807, 2.05) is 0 Å². The Morgan fingerprint density at radius 1 is 1.17 bits per heavy atom. The number of rotatable bonds is 3. The Labute approximate surface area is 73.3 Å². The molecule has 1 fully saturated rings. The fourth-order valence-corrected chi connectivity index (χ4v) is 2.40. The highest BCUT2D eigenvalue weighted by Gasteiger charge is 2.38. The van der Waals surface area contributed by atoms with E-state index < -0.39 is 6.43 Å². The van der Waals surface area contributed by atoms with Gasteiger partial charge in [0.15, 0.2) is 0 Å². The van der Waals surface area contributed by atoms with Gasteiger partial charge in [0.2, 0.25) is 6.43 Å².